The van der Waals surface area contributed by atoms with Crippen LogP contribution < -0.4 is 5.32 Å². The summed E-state index contributed by atoms with van der Waals surface area (Å²) in [5.41, 5.74) is 1.44. The van der Waals surface area contributed by atoms with Crippen molar-refractivity contribution in [1.82, 2.24) is 9.80 Å². The fourth-order valence-corrected chi connectivity index (χ4v) is 4.57. The summed E-state index contributed by atoms with van der Waals surface area (Å²) in [4.78, 5) is 29.4. The molecule has 1 saturated carbocycles. The van der Waals surface area contributed by atoms with Gasteiger partial charge in [0.15, 0.2) is 0 Å². The van der Waals surface area contributed by atoms with E-state index in [4.69, 9.17) is 0 Å². The van der Waals surface area contributed by atoms with Crippen molar-refractivity contribution in [3.63, 3.8) is 0 Å². The predicted octanol–water partition coefficient (Wildman–Crippen LogP) is 3.12. The number of aliphatic hydroxyl groups excluding tert-OH is 1. The monoisotopic (exact) mass is 401 g/mol. The summed E-state index contributed by atoms with van der Waals surface area (Å²) in [7, 11) is 0. The molecule has 3 rings (SSSR count). The quantitative estimate of drug-likeness (QED) is 0.736. The lowest BCUT2D eigenvalue weighted by Gasteiger charge is -2.33. The fraction of sp³-hybridized carbons (Fsp3) is 0.652. The maximum absolute atomic E-state index is 12.8. The van der Waals surface area contributed by atoms with Crippen LogP contribution in [0.15, 0.2) is 24.3 Å². The van der Waals surface area contributed by atoms with Crippen molar-refractivity contribution in [3.8, 4) is 0 Å². The molecule has 1 aliphatic heterocycles. The molecule has 160 valence electrons. The first kappa shape index (κ1) is 21.6. The number of likely N-dealkylation sites (N-methyl/N-ethyl adjacent to an activating group) is 1. The summed E-state index contributed by atoms with van der Waals surface area (Å²) < 4.78 is 0. The van der Waals surface area contributed by atoms with Crippen LogP contribution in [0.4, 0.5) is 5.69 Å². The molecule has 1 aromatic carbocycles. The van der Waals surface area contributed by atoms with Crippen molar-refractivity contribution in [2.75, 3.05) is 38.1 Å². The van der Waals surface area contributed by atoms with Gasteiger partial charge < -0.3 is 20.2 Å². The SMILES string of the molecule is CCN(C(=O)CNc1cccc(C(=O)N2CCC(CO)CC2)c1)C1CCCCC1. The maximum Gasteiger partial charge on any atom is 0.253 e. The van der Waals surface area contributed by atoms with Crippen LogP contribution in [0.2, 0.25) is 0 Å². The second-order valence-electron chi connectivity index (χ2n) is 8.32. The van der Waals surface area contributed by atoms with E-state index in [1.54, 1.807) is 0 Å². The normalized spacial score (nSPS) is 18.5. The first-order valence-electron chi connectivity index (χ1n) is 11.2. The minimum atomic E-state index is 0.0220. The van der Waals surface area contributed by atoms with E-state index < -0.39 is 0 Å². The van der Waals surface area contributed by atoms with Crippen molar-refractivity contribution >= 4 is 17.5 Å². The zero-order chi connectivity index (χ0) is 20.6. The zero-order valence-corrected chi connectivity index (χ0v) is 17.6. The van der Waals surface area contributed by atoms with E-state index in [1.807, 2.05) is 41.0 Å². The lowest BCUT2D eigenvalue weighted by molar-refractivity contribution is -0.132. The number of anilines is 1. The number of nitrogens with zero attached hydrogens (tertiary/aromatic N) is 2. The molecule has 2 fully saturated rings. The van der Waals surface area contributed by atoms with E-state index in [-0.39, 0.29) is 25.0 Å². The van der Waals surface area contributed by atoms with Crippen LogP contribution in [0.25, 0.3) is 0 Å². The van der Waals surface area contributed by atoms with Gasteiger partial charge in [0.2, 0.25) is 5.91 Å². The second kappa shape index (κ2) is 10.6. The van der Waals surface area contributed by atoms with Crippen LogP contribution in [0.5, 0.6) is 0 Å². The average molecular weight is 402 g/mol. The molecule has 1 aromatic rings. The number of nitrogens with one attached hydrogen (secondary N) is 1. The van der Waals surface area contributed by atoms with Gasteiger partial charge >= 0.3 is 0 Å². The Morgan fingerprint density at radius 1 is 1.14 bits per heavy atom. The summed E-state index contributed by atoms with van der Waals surface area (Å²) >= 11 is 0. The van der Waals surface area contributed by atoms with Crippen LogP contribution in [-0.2, 0) is 4.79 Å². The summed E-state index contributed by atoms with van der Waals surface area (Å²) in [5.74, 6) is 0.458. The minimum absolute atomic E-state index is 0.0220. The Labute approximate surface area is 174 Å². The van der Waals surface area contributed by atoms with Crippen molar-refractivity contribution in [2.45, 2.75) is 57.9 Å². The number of rotatable bonds is 7. The summed E-state index contributed by atoms with van der Waals surface area (Å²) in [6.07, 6.45) is 7.61. The zero-order valence-electron chi connectivity index (χ0n) is 17.6. The van der Waals surface area contributed by atoms with E-state index >= 15 is 0 Å². The van der Waals surface area contributed by atoms with Crippen molar-refractivity contribution in [3.05, 3.63) is 29.8 Å². The van der Waals surface area contributed by atoms with Gasteiger partial charge in [0, 0.05) is 43.5 Å². The molecule has 1 saturated heterocycles. The number of piperidine rings is 1. The van der Waals surface area contributed by atoms with Gasteiger partial charge in [0.1, 0.15) is 0 Å². The number of benzene rings is 1. The topological polar surface area (TPSA) is 72.9 Å². The first-order chi connectivity index (χ1) is 14.1. The third-order valence-electron chi connectivity index (χ3n) is 6.39. The molecule has 0 radical (unpaired) electrons. The van der Waals surface area contributed by atoms with E-state index in [0.29, 0.717) is 30.6 Å². The van der Waals surface area contributed by atoms with Crippen molar-refractivity contribution in [2.24, 2.45) is 5.92 Å². The summed E-state index contributed by atoms with van der Waals surface area (Å²) in [6.45, 7) is 4.62. The number of hydrogen-bond donors (Lipinski definition) is 2. The number of hydrogen-bond acceptors (Lipinski definition) is 4. The molecular weight excluding hydrogens is 366 g/mol. The molecular formula is C23H35N3O3. The summed E-state index contributed by atoms with van der Waals surface area (Å²) in [5, 5.41) is 12.5. The van der Waals surface area contributed by atoms with Gasteiger partial charge in [-0.2, -0.15) is 0 Å². The molecule has 1 aliphatic carbocycles. The number of carbonyl (C=O) groups is 2. The van der Waals surface area contributed by atoms with Gasteiger partial charge in [-0.1, -0.05) is 25.3 Å². The fourth-order valence-electron chi connectivity index (χ4n) is 4.57. The largest absolute Gasteiger partial charge is 0.396 e. The Morgan fingerprint density at radius 3 is 2.52 bits per heavy atom. The molecule has 2 aliphatic rings. The molecule has 0 unspecified atom stereocenters. The average Bonchev–Trinajstić information content (AvgIpc) is 2.78. The van der Waals surface area contributed by atoms with E-state index in [1.165, 1.54) is 19.3 Å². The lowest BCUT2D eigenvalue weighted by atomic mass is 9.94. The molecule has 0 bridgehead atoms. The Balaban J connectivity index is 1.55. The van der Waals surface area contributed by atoms with Gasteiger partial charge in [-0.15, -0.1) is 0 Å². The first-order valence-corrected chi connectivity index (χ1v) is 11.2. The molecule has 0 aromatic heterocycles. The van der Waals surface area contributed by atoms with E-state index in [0.717, 1.165) is 37.9 Å². The molecule has 6 heteroatoms. The highest BCUT2D eigenvalue weighted by atomic mass is 16.3. The van der Waals surface area contributed by atoms with Crippen LogP contribution >= 0.6 is 0 Å². The van der Waals surface area contributed by atoms with Crippen molar-refractivity contribution in [1.29, 1.82) is 0 Å². The van der Waals surface area contributed by atoms with E-state index in [2.05, 4.69) is 5.32 Å². The van der Waals surface area contributed by atoms with Crippen LogP contribution in [-0.4, -0.2) is 65.5 Å². The number of aliphatic hydroxyl groups is 1. The Morgan fingerprint density at radius 2 is 1.86 bits per heavy atom. The van der Waals surface area contributed by atoms with Gasteiger partial charge in [-0.3, -0.25) is 9.59 Å². The Bertz CT molecular complexity index is 680. The lowest BCUT2D eigenvalue weighted by Crippen LogP contribution is -2.44. The number of carbonyl (C=O) groups excluding carboxylic acids is 2. The predicted molar refractivity (Wildman–Crippen MR) is 115 cm³/mol. The third-order valence-corrected chi connectivity index (χ3v) is 6.39. The van der Waals surface area contributed by atoms with Crippen LogP contribution in [0.3, 0.4) is 0 Å². The highest BCUT2D eigenvalue weighted by Crippen LogP contribution is 2.23. The highest BCUT2D eigenvalue weighted by Gasteiger charge is 2.25. The molecule has 0 atom stereocenters. The molecule has 0 spiro atoms. The third kappa shape index (κ3) is 5.72. The van der Waals surface area contributed by atoms with Gasteiger partial charge in [0.25, 0.3) is 5.91 Å². The van der Waals surface area contributed by atoms with Crippen molar-refractivity contribution < 1.29 is 14.7 Å². The van der Waals surface area contributed by atoms with Gasteiger partial charge in [0.05, 0.1) is 6.54 Å². The molecule has 2 N–H and O–H groups in total. The molecule has 1 heterocycles. The Kier molecular flexibility index (Phi) is 7.92. The maximum atomic E-state index is 12.8. The van der Waals surface area contributed by atoms with Gasteiger partial charge in [-0.05, 0) is 56.7 Å². The highest BCUT2D eigenvalue weighted by molar-refractivity contribution is 5.95. The minimum Gasteiger partial charge on any atom is -0.396 e. The number of amides is 2. The Hall–Kier alpha value is -2.08. The second-order valence-corrected chi connectivity index (χ2v) is 8.32. The smallest absolute Gasteiger partial charge is 0.253 e. The molecule has 6 nitrogen and oxygen atoms in total. The number of likely N-dealkylation sites (tertiary alicyclic amines) is 1. The van der Waals surface area contributed by atoms with Crippen LogP contribution in [0, 0.1) is 5.92 Å². The standard InChI is InChI=1S/C23H35N3O3/c1-2-26(21-9-4-3-5-10-21)22(28)16-24-20-8-6-7-19(15-20)23(29)25-13-11-18(17-27)12-14-25/h6-8,15,18,21,24,27H,2-5,9-14,16-17H2,1H3. The molecule has 29 heavy (non-hydrogen) atoms. The van der Waals surface area contributed by atoms with Gasteiger partial charge in [-0.25, -0.2) is 0 Å². The summed E-state index contributed by atoms with van der Waals surface area (Å²) in [6, 6.07) is 7.80. The molecule has 2 amide bonds. The van der Waals surface area contributed by atoms with E-state index in [9.17, 15) is 14.7 Å². The van der Waals surface area contributed by atoms with Crippen LogP contribution in [0.1, 0.15) is 62.2 Å².